The summed E-state index contributed by atoms with van der Waals surface area (Å²) in [5, 5.41) is 9.72. The molecule has 0 unspecified atom stereocenters. The summed E-state index contributed by atoms with van der Waals surface area (Å²) in [6.45, 7) is -0.0283. The summed E-state index contributed by atoms with van der Waals surface area (Å²) in [6.07, 6.45) is -0.705. The molecule has 0 bridgehead atoms. The quantitative estimate of drug-likeness (QED) is 0.917. The van der Waals surface area contributed by atoms with Gasteiger partial charge in [0.25, 0.3) is 0 Å². The lowest BCUT2D eigenvalue weighted by molar-refractivity contribution is -0.139. The number of para-hydroxylation sites is 1. The van der Waals surface area contributed by atoms with E-state index in [0.717, 1.165) is 6.07 Å². The van der Waals surface area contributed by atoms with Gasteiger partial charge in [-0.05, 0) is 12.1 Å². The molecule has 0 fully saturated rings. The molecule has 1 aromatic carbocycles. The highest BCUT2D eigenvalue weighted by molar-refractivity contribution is 5.35. The number of halogens is 3. The molecule has 0 aliphatic rings. The summed E-state index contributed by atoms with van der Waals surface area (Å²) in [5.41, 5.74) is -0.852. The molecule has 0 aliphatic heterocycles. The van der Waals surface area contributed by atoms with Crippen molar-refractivity contribution in [1.29, 1.82) is 0 Å². The standard InChI is InChI=1S/C13H13F3N2O2/c14-13(15,16)11-3-1-2-4-12(11)20-8-10(19)7-18-6-5-17-9-18/h1-6,9-10,19H,7-8H2/t10-/m1/s1. The normalized spacial score (nSPS) is 13.2. The molecule has 108 valence electrons. The number of ether oxygens (including phenoxy) is 1. The first-order chi connectivity index (χ1) is 9.47. The molecular formula is C13H13F3N2O2. The third kappa shape index (κ3) is 3.74. The van der Waals surface area contributed by atoms with E-state index >= 15 is 0 Å². The third-order valence-corrected chi connectivity index (χ3v) is 2.60. The van der Waals surface area contributed by atoms with Gasteiger partial charge in [0.2, 0.25) is 0 Å². The van der Waals surface area contributed by atoms with Crippen LogP contribution in [0.2, 0.25) is 0 Å². The van der Waals surface area contributed by atoms with E-state index in [2.05, 4.69) is 4.98 Å². The largest absolute Gasteiger partial charge is 0.490 e. The minimum atomic E-state index is -4.48. The average molecular weight is 286 g/mol. The SMILES string of the molecule is O[C@@H](COc1ccccc1C(F)(F)F)Cn1ccnc1. The summed E-state index contributed by atoms with van der Waals surface area (Å²) in [5.74, 6) is -0.287. The molecule has 20 heavy (non-hydrogen) atoms. The Kier molecular flexibility index (Phi) is 4.29. The summed E-state index contributed by atoms with van der Waals surface area (Å²) < 4.78 is 44.9. The van der Waals surface area contributed by atoms with Crippen molar-refractivity contribution in [3.63, 3.8) is 0 Å². The van der Waals surface area contributed by atoms with Crippen molar-refractivity contribution in [1.82, 2.24) is 9.55 Å². The number of alkyl halides is 3. The van der Waals surface area contributed by atoms with Crippen molar-refractivity contribution in [2.45, 2.75) is 18.8 Å². The van der Waals surface area contributed by atoms with E-state index < -0.39 is 17.8 Å². The molecule has 1 N–H and O–H groups in total. The van der Waals surface area contributed by atoms with Gasteiger partial charge in [0.1, 0.15) is 18.5 Å². The van der Waals surface area contributed by atoms with E-state index in [-0.39, 0.29) is 18.9 Å². The molecular weight excluding hydrogens is 273 g/mol. The maximum absolute atomic E-state index is 12.7. The first-order valence-corrected chi connectivity index (χ1v) is 5.89. The maximum atomic E-state index is 12.7. The molecule has 0 saturated heterocycles. The van der Waals surface area contributed by atoms with Crippen molar-refractivity contribution >= 4 is 0 Å². The molecule has 1 atom stereocenters. The monoisotopic (exact) mass is 286 g/mol. The van der Waals surface area contributed by atoms with Crippen molar-refractivity contribution in [3.8, 4) is 5.75 Å². The lowest BCUT2D eigenvalue weighted by Crippen LogP contribution is -2.23. The van der Waals surface area contributed by atoms with E-state index in [4.69, 9.17) is 4.74 Å². The fraction of sp³-hybridized carbons (Fsp3) is 0.308. The minimum absolute atomic E-state index is 0.203. The molecule has 0 radical (unpaired) electrons. The van der Waals surface area contributed by atoms with Gasteiger partial charge in [-0.25, -0.2) is 4.98 Å². The smallest absolute Gasteiger partial charge is 0.419 e. The number of aliphatic hydroxyl groups excluding tert-OH is 1. The van der Waals surface area contributed by atoms with Gasteiger partial charge >= 0.3 is 6.18 Å². The molecule has 1 aromatic heterocycles. The number of benzene rings is 1. The molecule has 1 heterocycles. The highest BCUT2D eigenvalue weighted by Crippen LogP contribution is 2.35. The Balaban J connectivity index is 1.97. The Morgan fingerprint density at radius 2 is 2.05 bits per heavy atom. The zero-order valence-corrected chi connectivity index (χ0v) is 10.4. The Morgan fingerprint density at radius 3 is 2.70 bits per heavy atom. The molecule has 0 spiro atoms. The Morgan fingerprint density at radius 1 is 1.30 bits per heavy atom. The fourth-order valence-electron chi connectivity index (χ4n) is 1.70. The van der Waals surface area contributed by atoms with Gasteiger partial charge in [0, 0.05) is 12.4 Å². The number of aliphatic hydroxyl groups is 1. The zero-order chi connectivity index (χ0) is 14.6. The third-order valence-electron chi connectivity index (χ3n) is 2.60. The first kappa shape index (κ1) is 14.4. The highest BCUT2D eigenvalue weighted by Gasteiger charge is 2.34. The molecule has 4 nitrogen and oxygen atoms in total. The van der Waals surface area contributed by atoms with E-state index in [9.17, 15) is 18.3 Å². The van der Waals surface area contributed by atoms with Crippen molar-refractivity contribution < 1.29 is 23.0 Å². The molecule has 2 aromatic rings. The van der Waals surface area contributed by atoms with E-state index in [1.54, 1.807) is 17.0 Å². The van der Waals surface area contributed by atoms with Crippen LogP contribution >= 0.6 is 0 Å². The second-order valence-electron chi connectivity index (χ2n) is 4.22. The summed E-state index contributed by atoms with van der Waals surface area (Å²) in [6, 6.07) is 4.91. The Hall–Kier alpha value is -2.02. The van der Waals surface area contributed by atoms with Crippen LogP contribution < -0.4 is 4.74 Å². The van der Waals surface area contributed by atoms with Crippen LogP contribution in [0.1, 0.15) is 5.56 Å². The summed E-state index contributed by atoms with van der Waals surface area (Å²) >= 11 is 0. The molecule has 0 aliphatic carbocycles. The Labute approximate surface area is 113 Å². The predicted molar refractivity (Wildman–Crippen MR) is 65.2 cm³/mol. The number of hydrogen-bond donors (Lipinski definition) is 1. The van der Waals surface area contributed by atoms with Crippen molar-refractivity contribution in [2.24, 2.45) is 0 Å². The van der Waals surface area contributed by atoms with E-state index in [1.165, 1.54) is 24.5 Å². The van der Waals surface area contributed by atoms with Gasteiger partial charge in [-0.15, -0.1) is 0 Å². The second-order valence-corrected chi connectivity index (χ2v) is 4.22. The van der Waals surface area contributed by atoms with E-state index in [0.29, 0.717) is 0 Å². The van der Waals surface area contributed by atoms with Gasteiger partial charge in [-0.3, -0.25) is 0 Å². The number of imidazole rings is 1. The minimum Gasteiger partial charge on any atom is -0.490 e. The van der Waals surface area contributed by atoms with Crippen LogP contribution in [0.25, 0.3) is 0 Å². The first-order valence-electron chi connectivity index (χ1n) is 5.89. The fourth-order valence-corrected chi connectivity index (χ4v) is 1.70. The molecule has 2 rings (SSSR count). The number of nitrogens with zero attached hydrogens (tertiary/aromatic N) is 2. The highest BCUT2D eigenvalue weighted by atomic mass is 19.4. The van der Waals surface area contributed by atoms with Crippen molar-refractivity contribution in [3.05, 3.63) is 48.5 Å². The van der Waals surface area contributed by atoms with Crippen LogP contribution in [0.3, 0.4) is 0 Å². The number of aromatic nitrogens is 2. The second kappa shape index (κ2) is 5.96. The van der Waals surface area contributed by atoms with Crippen molar-refractivity contribution in [2.75, 3.05) is 6.61 Å². The van der Waals surface area contributed by atoms with Gasteiger partial charge in [0.05, 0.1) is 18.4 Å². The predicted octanol–water partition coefficient (Wildman–Crippen LogP) is 2.34. The Bertz CT molecular complexity index is 541. The van der Waals surface area contributed by atoms with Crippen LogP contribution in [0, 0.1) is 0 Å². The van der Waals surface area contributed by atoms with Crippen LogP contribution in [0.5, 0.6) is 5.75 Å². The molecule has 0 saturated carbocycles. The van der Waals surface area contributed by atoms with Gasteiger partial charge in [-0.2, -0.15) is 13.2 Å². The van der Waals surface area contributed by atoms with Gasteiger partial charge < -0.3 is 14.4 Å². The lowest BCUT2D eigenvalue weighted by Gasteiger charge is -2.16. The maximum Gasteiger partial charge on any atom is 0.419 e. The lowest BCUT2D eigenvalue weighted by atomic mass is 10.2. The summed E-state index contributed by atoms with van der Waals surface area (Å²) in [4.78, 5) is 3.80. The van der Waals surface area contributed by atoms with Gasteiger partial charge in [0.15, 0.2) is 0 Å². The average Bonchev–Trinajstić information content (AvgIpc) is 2.88. The molecule has 7 heteroatoms. The topological polar surface area (TPSA) is 47.3 Å². The van der Waals surface area contributed by atoms with E-state index in [1.807, 2.05) is 0 Å². The van der Waals surface area contributed by atoms with Crippen LogP contribution in [0.15, 0.2) is 43.0 Å². The van der Waals surface area contributed by atoms with Gasteiger partial charge in [-0.1, -0.05) is 12.1 Å². The van der Waals surface area contributed by atoms with Crippen LogP contribution in [-0.4, -0.2) is 27.4 Å². The number of hydrogen-bond acceptors (Lipinski definition) is 3. The molecule has 0 amide bonds. The van der Waals surface area contributed by atoms with Crippen LogP contribution in [0.4, 0.5) is 13.2 Å². The summed E-state index contributed by atoms with van der Waals surface area (Å²) in [7, 11) is 0. The van der Waals surface area contributed by atoms with Crippen LogP contribution in [-0.2, 0) is 12.7 Å². The zero-order valence-electron chi connectivity index (χ0n) is 10.4. The number of rotatable bonds is 5.